The summed E-state index contributed by atoms with van der Waals surface area (Å²) in [6.07, 6.45) is 0.191. The highest BCUT2D eigenvalue weighted by Crippen LogP contribution is 2.20. The van der Waals surface area contributed by atoms with Gasteiger partial charge in [0.1, 0.15) is 0 Å². The highest BCUT2D eigenvalue weighted by Gasteiger charge is 2.17. The molecule has 0 aliphatic rings. The van der Waals surface area contributed by atoms with Gasteiger partial charge in [-0.3, -0.25) is 20.4 Å². The molecule has 0 bridgehead atoms. The molecule has 2 aromatic carbocycles. The van der Waals surface area contributed by atoms with E-state index in [0.717, 1.165) is 27.1 Å². The van der Waals surface area contributed by atoms with Gasteiger partial charge in [0.05, 0.1) is 12.0 Å². The van der Waals surface area contributed by atoms with Crippen LogP contribution in [0.1, 0.15) is 27.3 Å². The molecule has 0 unspecified atom stereocenters. The molecule has 0 spiro atoms. The molecule has 138 valence electrons. The number of aromatic nitrogens is 1. The van der Waals surface area contributed by atoms with E-state index in [2.05, 4.69) is 26.8 Å². The summed E-state index contributed by atoms with van der Waals surface area (Å²) >= 11 is 3.36. The Labute approximate surface area is 166 Å². The molecule has 1 heterocycles. The van der Waals surface area contributed by atoms with Crippen molar-refractivity contribution in [2.24, 2.45) is 0 Å². The normalized spacial score (nSPS) is 10.5. The van der Waals surface area contributed by atoms with Gasteiger partial charge in [-0.15, -0.1) is 0 Å². The van der Waals surface area contributed by atoms with Crippen molar-refractivity contribution in [2.75, 3.05) is 0 Å². The molecule has 0 saturated carbocycles. The summed E-state index contributed by atoms with van der Waals surface area (Å²) in [5, 5.41) is 0. The number of carbonyl (C=O) groups is 2. The van der Waals surface area contributed by atoms with E-state index in [1.807, 2.05) is 79.1 Å². The number of nitrogens with one attached hydrogen (secondary N) is 2. The predicted octanol–water partition coefficient (Wildman–Crippen LogP) is 3.86. The zero-order valence-electron chi connectivity index (χ0n) is 15.1. The average Bonchev–Trinajstić information content (AvgIpc) is 2.96. The molecule has 0 fully saturated rings. The Balaban J connectivity index is 1.66. The number of halogens is 1. The molecular weight excluding hydrogens is 406 g/mol. The molecule has 0 aliphatic heterocycles. The zero-order chi connectivity index (χ0) is 19.4. The summed E-state index contributed by atoms with van der Waals surface area (Å²) < 4.78 is 2.96. The Morgan fingerprint density at radius 2 is 1.63 bits per heavy atom. The average molecular weight is 426 g/mol. The molecule has 0 saturated heterocycles. The maximum absolute atomic E-state index is 12.5. The predicted molar refractivity (Wildman–Crippen MR) is 109 cm³/mol. The number of aryl methyl sites for hydroxylation is 1. The third-order valence-corrected chi connectivity index (χ3v) is 4.81. The summed E-state index contributed by atoms with van der Waals surface area (Å²) in [7, 11) is 0. The Morgan fingerprint density at radius 3 is 2.30 bits per heavy atom. The minimum absolute atomic E-state index is 0.191. The molecule has 3 rings (SSSR count). The second-order valence-corrected chi connectivity index (χ2v) is 7.18. The standard InChI is InChI=1S/C21H20BrN3O2/c1-14-12-19(15(2)25(14)18-6-4-3-5-7-18)21(27)24-23-20(26)13-16-8-10-17(22)11-9-16/h3-12H,13H2,1-2H3,(H,23,26)(H,24,27). The first-order chi connectivity index (χ1) is 13.0. The second kappa shape index (κ2) is 8.22. The number of amides is 2. The third-order valence-electron chi connectivity index (χ3n) is 4.28. The first kappa shape index (κ1) is 18.9. The van der Waals surface area contributed by atoms with Crippen LogP contribution in [0.15, 0.2) is 65.1 Å². The van der Waals surface area contributed by atoms with Crippen molar-refractivity contribution >= 4 is 27.7 Å². The summed E-state index contributed by atoms with van der Waals surface area (Å²) in [5.41, 5.74) is 9.14. The van der Waals surface area contributed by atoms with Crippen molar-refractivity contribution in [2.45, 2.75) is 20.3 Å². The van der Waals surface area contributed by atoms with E-state index in [-0.39, 0.29) is 18.2 Å². The van der Waals surface area contributed by atoms with Crippen LogP contribution in [0.2, 0.25) is 0 Å². The van der Waals surface area contributed by atoms with E-state index >= 15 is 0 Å². The molecule has 0 radical (unpaired) electrons. The summed E-state index contributed by atoms with van der Waals surface area (Å²) in [5.74, 6) is -0.614. The fraction of sp³-hybridized carbons (Fsp3) is 0.143. The monoisotopic (exact) mass is 425 g/mol. The van der Waals surface area contributed by atoms with Crippen molar-refractivity contribution in [1.82, 2.24) is 15.4 Å². The minimum Gasteiger partial charge on any atom is -0.318 e. The van der Waals surface area contributed by atoms with E-state index in [9.17, 15) is 9.59 Å². The van der Waals surface area contributed by atoms with Gasteiger partial charge in [0.25, 0.3) is 5.91 Å². The molecular formula is C21H20BrN3O2. The largest absolute Gasteiger partial charge is 0.318 e. The van der Waals surface area contributed by atoms with Crippen LogP contribution in [-0.4, -0.2) is 16.4 Å². The molecule has 0 atom stereocenters. The Bertz CT molecular complexity index is 963. The van der Waals surface area contributed by atoms with Gasteiger partial charge in [0.2, 0.25) is 5.91 Å². The van der Waals surface area contributed by atoms with Crippen LogP contribution in [0.3, 0.4) is 0 Å². The summed E-state index contributed by atoms with van der Waals surface area (Å²) in [6.45, 7) is 3.83. The maximum Gasteiger partial charge on any atom is 0.271 e. The quantitative estimate of drug-likeness (QED) is 0.623. The van der Waals surface area contributed by atoms with Crippen molar-refractivity contribution in [3.05, 3.63) is 87.7 Å². The van der Waals surface area contributed by atoms with Gasteiger partial charge in [0, 0.05) is 21.5 Å². The molecule has 3 aromatic rings. The number of nitrogens with zero attached hydrogens (tertiary/aromatic N) is 1. The number of benzene rings is 2. The van der Waals surface area contributed by atoms with Crippen LogP contribution in [0.5, 0.6) is 0 Å². The second-order valence-electron chi connectivity index (χ2n) is 6.26. The molecule has 2 amide bonds. The van der Waals surface area contributed by atoms with Crippen molar-refractivity contribution in [1.29, 1.82) is 0 Å². The van der Waals surface area contributed by atoms with Gasteiger partial charge in [-0.2, -0.15) is 0 Å². The first-order valence-corrected chi connectivity index (χ1v) is 9.33. The van der Waals surface area contributed by atoms with Gasteiger partial charge in [0.15, 0.2) is 0 Å². The fourth-order valence-electron chi connectivity index (χ4n) is 2.99. The number of para-hydroxylation sites is 1. The number of hydrazine groups is 1. The van der Waals surface area contributed by atoms with Crippen LogP contribution >= 0.6 is 15.9 Å². The molecule has 0 aliphatic carbocycles. The Morgan fingerprint density at radius 1 is 0.963 bits per heavy atom. The minimum atomic E-state index is -0.338. The number of carbonyl (C=O) groups excluding carboxylic acids is 2. The zero-order valence-corrected chi connectivity index (χ0v) is 16.7. The smallest absolute Gasteiger partial charge is 0.271 e. The van der Waals surface area contributed by atoms with Crippen LogP contribution < -0.4 is 10.9 Å². The van der Waals surface area contributed by atoms with Crippen molar-refractivity contribution in [3.8, 4) is 5.69 Å². The fourth-order valence-corrected chi connectivity index (χ4v) is 3.26. The van der Waals surface area contributed by atoms with E-state index in [4.69, 9.17) is 0 Å². The summed E-state index contributed by atoms with van der Waals surface area (Å²) in [6, 6.07) is 19.1. The Kier molecular flexibility index (Phi) is 5.76. The van der Waals surface area contributed by atoms with Crippen molar-refractivity contribution < 1.29 is 9.59 Å². The van der Waals surface area contributed by atoms with Gasteiger partial charge in [-0.05, 0) is 49.7 Å². The molecule has 27 heavy (non-hydrogen) atoms. The third kappa shape index (κ3) is 4.46. The number of hydrogen-bond donors (Lipinski definition) is 2. The van der Waals surface area contributed by atoms with E-state index in [1.165, 1.54) is 0 Å². The first-order valence-electron chi connectivity index (χ1n) is 8.53. The maximum atomic E-state index is 12.5. The lowest BCUT2D eigenvalue weighted by Crippen LogP contribution is -2.42. The van der Waals surface area contributed by atoms with Crippen LogP contribution in [0.4, 0.5) is 0 Å². The Hall–Kier alpha value is -2.86. The highest BCUT2D eigenvalue weighted by atomic mass is 79.9. The lowest BCUT2D eigenvalue weighted by Gasteiger charge is -2.10. The topological polar surface area (TPSA) is 63.1 Å². The van der Waals surface area contributed by atoms with E-state index in [0.29, 0.717) is 5.56 Å². The SMILES string of the molecule is Cc1cc(C(=O)NNC(=O)Cc2ccc(Br)cc2)c(C)n1-c1ccccc1. The molecule has 2 N–H and O–H groups in total. The molecule has 1 aromatic heterocycles. The van der Waals surface area contributed by atoms with E-state index < -0.39 is 0 Å². The number of rotatable bonds is 4. The van der Waals surface area contributed by atoms with Crippen molar-refractivity contribution in [3.63, 3.8) is 0 Å². The van der Waals surface area contributed by atoms with Crippen LogP contribution in [0.25, 0.3) is 5.69 Å². The van der Waals surface area contributed by atoms with Gasteiger partial charge < -0.3 is 4.57 Å². The van der Waals surface area contributed by atoms with Gasteiger partial charge in [-0.25, -0.2) is 0 Å². The lowest BCUT2D eigenvalue weighted by molar-refractivity contribution is -0.121. The lowest BCUT2D eigenvalue weighted by atomic mass is 10.1. The van der Waals surface area contributed by atoms with Gasteiger partial charge >= 0.3 is 0 Å². The highest BCUT2D eigenvalue weighted by molar-refractivity contribution is 9.10. The van der Waals surface area contributed by atoms with E-state index in [1.54, 1.807) is 0 Å². The molecule has 5 nitrogen and oxygen atoms in total. The van der Waals surface area contributed by atoms with Crippen LogP contribution in [0, 0.1) is 13.8 Å². The number of hydrogen-bond acceptors (Lipinski definition) is 2. The van der Waals surface area contributed by atoms with Gasteiger partial charge in [-0.1, -0.05) is 46.3 Å². The summed E-state index contributed by atoms with van der Waals surface area (Å²) in [4.78, 5) is 24.6. The van der Waals surface area contributed by atoms with Crippen LogP contribution in [-0.2, 0) is 11.2 Å². The molecule has 6 heteroatoms.